The Kier molecular flexibility index (Phi) is 12.5. The number of pyridine rings is 1. The van der Waals surface area contributed by atoms with Crippen LogP contribution < -0.4 is 20.3 Å². The zero-order valence-electron chi connectivity index (χ0n) is 25.5. The van der Waals surface area contributed by atoms with Gasteiger partial charge in [0.1, 0.15) is 11.2 Å². The number of likely N-dealkylation sites (N-methyl/N-ethyl adjacent to an activating group) is 1. The second-order valence-electron chi connectivity index (χ2n) is 10.4. The minimum absolute atomic E-state index is 0. The summed E-state index contributed by atoms with van der Waals surface area (Å²) in [6, 6.07) is 13.8. The number of aromatic nitrogens is 2. The number of imidazole rings is 1. The van der Waals surface area contributed by atoms with Crippen LogP contribution in [0.4, 0.5) is 16.2 Å². The van der Waals surface area contributed by atoms with Crippen molar-refractivity contribution in [1.29, 1.82) is 0 Å². The molecule has 0 radical (unpaired) electrons. The Morgan fingerprint density at radius 2 is 1.83 bits per heavy atom. The molecule has 0 spiro atoms. The normalized spacial score (nSPS) is 12.9. The van der Waals surface area contributed by atoms with Gasteiger partial charge in [-0.15, -0.1) is 12.4 Å². The molecule has 0 atom stereocenters. The van der Waals surface area contributed by atoms with Gasteiger partial charge < -0.3 is 29.9 Å². The van der Waals surface area contributed by atoms with Gasteiger partial charge in [0.05, 0.1) is 36.2 Å². The highest BCUT2D eigenvalue weighted by molar-refractivity contribution is 9.10. The molecule has 1 fully saturated rings. The first-order valence-electron chi connectivity index (χ1n) is 14.3. The summed E-state index contributed by atoms with van der Waals surface area (Å²) >= 11 is 16.7. The fourth-order valence-corrected chi connectivity index (χ4v) is 5.64. The molecule has 4 amide bonds. The monoisotopic (exact) mass is 764 g/mol. The van der Waals surface area contributed by atoms with E-state index in [9.17, 15) is 14.4 Å². The van der Waals surface area contributed by atoms with Crippen LogP contribution in [-0.4, -0.2) is 72.0 Å². The van der Waals surface area contributed by atoms with Crippen LogP contribution in [0.15, 0.2) is 65.4 Å². The van der Waals surface area contributed by atoms with Crippen molar-refractivity contribution in [3.8, 4) is 5.75 Å². The lowest BCUT2D eigenvalue weighted by Crippen LogP contribution is -2.43. The molecule has 2 N–H and O–H groups in total. The minimum atomic E-state index is -0.447. The molecule has 15 heteroatoms. The van der Waals surface area contributed by atoms with E-state index in [1.54, 1.807) is 60.5 Å². The molecule has 11 nitrogen and oxygen atoms in total. The van der Waals surface area contributed by atoms with E-state index < -0.39 is 5.91 Å². The number of hydrogen-bond acceptors (Lipinski definition) is 6. The van der Waals surface area contributed by atoms with Crippen molar-refractivity contribution in [2.45, 2.75) is 13.5 Å². The van der Waals surface area contributed by atoms with Gasteiger partial charge in [-0.25, -0.2) is 9.78 Å². The van der Waals surface area contributed by atoms with Gasteiger partial charge in [-0.1, -0.05) is 35.3 Å². The van der Waals surface area contributed by atoms with E-state index in [1.165, 1.54) is 11.0 Å². The summed E-state index contributed by atoms with van der Waals surface area (Å²) in [5.74, 6) is -0.293. The molecule has 1 saturated heterocycles. The Hall–Kier alpha value is -3.81. The first-order chi connectivity index (χ1) is 22.1. The molecular weight excluding hydrogens is 735 g/mol. The first-order valence-corrected chi connectivity index (χ1v) is 15.9. The molecule has 2 aromatic heterocycles. The van der Waals surface area contributed by atoms with Gasteiger partial charge in [0.2, 0.25) is 11.8 Å². The quantitative estimate of drug-likeness (QED) is 0.192. The zero-order chi connectivity index (χ0) is 32.8. The number of benzene rings is 2. The Labute approximate surface area is 296 Å². The maximum Gasteiger partial charge on any atom is 0.321 e. The molecule has 0 bridgehead atoms. The van der Waals surface area contributed by atoms with Crippen molar-refractivity contribution in [3.63, 3.8) is 0 Å². The van der Waals surface area contributed by atoms with E-state index >= 15 is 0 Å². The Morgan fingerprint density at radius 3 is 2.55 bits per heavy atom. The van der Waals surface area contributed by atoms with Gasteiger partial charge in [-0.05, 0) is 70.9 Å². The Morgan fingerprint density at radius 1 is 1.11 bits per heavy atom. The summed E-state index contributed by atoms with van der Waals surface area (Å²) in [4.78, 5) is 45.4. The summed E-state index contributed by atoms with van der Waals surface area (Å²) in [6.07, 6.45) is 4.82. The average Bonchev–Trinajstić information content (AvgIpc) is 3.36. The molecule has 5 rings (SSSR count). The van der Waals surface area contributed by atoms with Crippen LogP contribution in [0, 0.1) is 6.92 Å². The third kappa shape index (κ3) is 8.76. The number of ether oxygens (including phenoxy) is 2. The van der Waals surface area contributed by atoms with Crippen molar-refractivity contribution >= 4 is 92.5 Å². The number of aryl methyl sites for hydroxylation is 1. The lowest BCUT2D eigenvalue weighted by atomic mass is 10.2. The van der Waals surface area contributed by atoms with Gasteiger partial charge >= 0.3 is 6.03 Å². The number of morpholine rings is 1. The van der Waals surface area contributed by atoms with Crippen molar-refractivity contribution < 1.29 is 23.9 Å². The number of nitrogens with zero attached hydrogens (tertiary/aromatic N) is 4. The first kappa shape index (κ1) is 36.0. The molecule has 0 unspecified atom stereocenters. The highest BCUT2D eigenvalue weighted by atomic mass is 79.9. The third-order valence-corrected chi connectivity index (χ3v) is 9.02. The number of amides is 4. The number of hydrogen-bond donors (Lipinski definition) is 2. The summed E-state index contributed by atoms with van der Waals surface area (Å²) in [6.45, 7) is 3.82. The lowest BCUT2D eigenvalue weighted by Gasteiger charge is -2.26. The maximum absolute atomic E-state index is 13.0. The summed E-state index contributed by atoms with van der Waals surface area (Å²) in [5.41, 5.74) is 3.76. The third-order valence-electron chi connectivity index (χ3n) is 7.29. The van der Waals surface area contributed by atoms with E-state index in [4.69, 9.17) is 32.7 Å². The second kappa shape index (κ2) is 16.3. The standard InChI is InChI=1S/C32H31BrCl2N6O5.ClH/c1-20-30(33)41-13-3-4-26(31(41)37-20)46-19-23-24(34)10-11-25(29(23)35)39(2)28(43)18-36-27(42)12-7-21-5-8-22(9-6-21)38-32(44)40-14-16-45-17-15-40;/h3-13H,14-19H2,1-2H3,(H,36,42)(H,38,44);1H. The van der Waals surface area contributed by atoms with E-state index in [1.807, 2.05) is 23.6 Å². The van der Waals surface area contributed by atoms with Gasteiger partial charge in [0.25, 0.3) is 0 Å². The number of carbonyl (C=O) groups excluding carboxylic acids is 3. The molecule has 1 aliphatic rings. The topological polar surface area (TPSA) is 118 Å². The number of rotatable bonds is 9. The van der Waals surface area contributed by atoms with E-state index in [0.717, 1.165) is 15.9 Å². The number of carbonyl (C=O) groups is 3. The SMILES string of the molecule is Cc1nc2c(OCc3c(Cl)ccc(N(C)C(=O)CNC(=O)C=Cc4ccc(NC(=O)N5CCOCC5)cc4)c3Cl)cccn2c1Br.Cl. The number of nitrogens with one attached hydrogen (secondary N) is 2. The predicted molar refractivity (Wildman–Crippen MR) is 189 cm³/mol. The molecule has 2 aromatic carbocycles. The number of urea groups is 1. The second-order valence-corrected chi connectivity index (χ2v) is 11.9. The van der Waals surface area contributed by atoms with Crippen molar-refractivity contribution in [2.75, 3.05) is 50.1 Å². The summed E-state index contributed by atoms with van der Waals surface area (Å²) in [5, 5.41) is 6.09. The average molecular weight is 767 g/mol. The Balaban J connectivity index is 0.00000500. The maximum atomic E-state index is 13.0. The van der Waals surface area contributed by atoms with Crippen molar-refractivity contribution in [2.24, 2.45) is 0 Å². The highest BCUT2D eigenvalue weighted by Crippen LogP contribution is 2.35. The van der Waals surface area contributed by atoms with E-state index in [-0.39, 0.29) is 42.5 Å². The Bertz CT molecular complexity index is 1790. The van der Waals surface area contributed by atoms with Crippen LogP contribution >= 0.6 is 51.5 Å². The van der Waals surface area contributed by atoms with Gasteiger partial charge in [-0.2, -0.15) is 0 Å². The predicted octanol–water partition coefficient (Wildman–Crippen LogP) is 6.37. The fourth-order valence-electron chi connectivity index (χ4n) is 4.66. The van der Waals surface area contributed by atoms with Crippen LogP contribution in [0.3, 0.4) is 0 Å². The molecule has 4 aromatic rings. The number of fused-ring (bicyclic) bond motifs is 1. The number of anilines is 2. The fraction of sp³-hybridized carbons (Fsp3) is 0.250. The molecule has 0 saturated carbocycles. The molecule has 47 heavy (non-hydrogen) atoms. The van der Waals surface area contributed by atoms with Crippen LogP contribution in [0.2, 0.25) is 10.0 Å². The van der Waals surface area contributed by atoms with Gasteiger partial charge in [0.15, 0.2) is 11.4 Å². The van der Waals surface area contributed by atoms with Crippen molar-refractivity contribution in [1.82, 2.24) is 19.6 Å². The van der Waals surface area contributed by atoms with Crippen LogP contribution in [0.5, 0.6) is 5.75 Å². The minimum Gasteiger partial charge on any atom is -0.485 e. The highest BCUT2D eigenvalue weighted by Gasteiger charge is 2.20. The van der Waals surface area contributed by atoms with E-state index in [0.29, 0.717) is 59.7 Å². The summed E-state index contributed by atoms with van der Waals surface area (Å²) in [7, 11) is 1.56. The van der Waals surface area contributed by atoms with E-state index in [2.05, 4.69) is 31.5 Å². The number of halogens is 4. The molecule has 1 aliphatic heterocycles. The molecule has 248 valence electrons. The van der Waals surface area contributed by atoms with Crippen LogP contribution in [-0.2, 0) is 20.9 Å². The summed E-state index contributed by atoms with van der Waals surface area (Å²) < 4.78 is 14.0. The van der Waals surface area contributed by atoms with Gasteiger partial charge in [-0.3, -0.25) is 14.0 Å². The smallest absolute Gasteiger partial charge is 0.321 e. The van der Waals surface area contributed by atoms with Crippen LogP contribution in [0.25, 0.3) is 11.7 Å². The molecule has 3 heterocycles. The van der Waals surface area contributed by atoms with Crippen molar-refractivity contribution in [3.05, 3.63) is 92.3 Å². The van der Waals surface area contributed by atoms with Gasteiger partial charge in [0, 0.05) is 48.7 Å². The largest absolute Gasteiger partial charge is 0.485 e. The lowest BCUT2D eigenvalue weighted by molar-refractivity contribution is -0.122. The van der Waals surface area contributed by atoms with Crippen LogP contribution in [0.1, 0.15) is 16.8 Å². The zero-order valence-corrected chi connectivity index (χ0v) is 29.4. The molecular formula is C32H32BrCl3N6O5. The molecule has 0 aliphatic carbocycles.